The van der Waals surface area contributed by atoms with Crippen molar-refractivity contribution in [3.05, 3.63) is 71.2 Å². The van der Waals surface area contributed by atoms with Gasteiger partial charge in [-0.2, -0.15) is 5.10 Å². The summed E-state index contributed by atoms with van der Waals surface area (Å²) in [5, 5.41) is 15.2. The van der Waals surface area contributed by atoms with Crippen LogP contribution >= 0.6 is 23.1 Å². The van der Waals surface area contributed by atoms with E-state index in [4.69, 9.17) is 4.74 Å². The largest absolute Gasteiger partial charge is 0.494 e. The Bertz CT molecular complexity index is 1180. The summed E-state index contributed by atoms with van der Waals surface area (Å²) >= 11 is 2.83. The molecule has 0 saturated heterocycles. The maximum Gasteiger partial charge on any atom is 0.250 e. The third-order valence-electron chi connectivity index (χ3n) is 4.22. The molecule has 0 saturated carbocycles. The second-order valence-corrected chi connectivity index (χ2v) is 8.33. The minimum Gasteiger partial charge on any atom is -0.494 e. The standard InChI is InChI=1S/C22H20N6O2S2/c1-2-30-18-9-7-17(8-10-18)28-21(16-5-3-11-23-13-16)26-27-22(28)32-15-20(29)25-24-14-19-6-4-12-31-19/h3-14H,2,15H2,1H3,(H,25,29). The van der Waals surface area contributed by atoms with Crippen LogP contribution in [0.15, 0.2) is 76.6 Å². The molecule has 3 aromatic heterocycles. The molecule has 10 heteroatoms. The number of aromatic nitrogens is 4. The van der Waals surface area contributed by atoms with Gasteiger partial charge in [-0.15, -0.1) is 21.5 Å². The molecule has 0 fully saturated rings. The van der Waals surface area contributed by atoms with E-state index in [0.29, 0.717) is 17.6 Å². The molecule has 1 N–H and O–H groups in total. The van der Waals surface area contributed by atoms with Crippen molar-refractivity contribution in [3.63, 3.8) is 0 Å². The summed E-state index contributed by atoms with van der Waals surface area (Å²) in [5.74, 6) is 1.33. The van der Waals surface area contributed by atoms with Crippen LogP contribution in [-0.2, 0) is 4.79 Å². The molecule has 0 aliphatic carbocycles. The number of hydrazone groups is 1. The fourth-order valence-corrected chi connectivity index (χ4v) is 4.16. The van der Waals surface area contributed by atoms with Crippen molar-refractivity contribution in [2.24, 2.45) is 5.10 Å². The van der Waals surface area contributed by atoms with E-state index in [1.54, 1.807) is 29.9 Å². The summed E-state index contributed by atoms with van der Waals surface area (Å²) in [4.78, 5) is 17.4. The van der Waals surface area contributed by atoms with E-state index in [2.05, 4.69) is 25.7 Å². The second-order valence-electron chi connectivity index (χ2n) is 6.41. The van der Waals surface area contributed by atoms with Gasteiger partial charge in [-0.25, -0.2) is 5.43 Å². The number of rotatable bonds is 9. The Morgan fingerprint density at radius 1 is 1.22 bits per heavy atom. The van der Waals surface area contributed by atoms with Crippen molar-refractivity contribution < 1.29 is 9.53 Å². The number of hydrogen-bond donors (Lipinski definition) is 1. The summed E-state index contributed by atoms with van der Waals surface area (Å²) in [7, 11) is 0. The molecule has 0 unspecified atom stereocenters. The average molecular weight is 465 g/mol. The van der Waals surface area contributed by atoms with Gasteiger partial charge in [0.2, 0.25) is 0 Å². The molecule has 162 valence electrons. The number of carbonyl (C=O) groups excluding carboxylic acids is 1. The molecule has 1 aromatic carbocycles. The van der Waals surface area contributed by atoms with Crippen molar-refractivity contribution in [2.75, 3.05) is 12.4 Å². The summed E-state index contributed by atoms with van der Waals surface area (Å²) in [6.45, 7) is 2.54. The number of benzene rings is 1. The van der Waals surface area contributed by atoms with E-state index in [9.17, 15) is 4.79 Å². The summed E-state index contributed by atoms with van der Waals surface area (Å²) in [6, 6.07) is 15.3. The fourth-order valence-electron chi connectivity index (χ4n) is 2.83. The lowest BCUT2D eigenvalue weighted by molar-refractivity contribution is -0.118. The van der Waals surface area contributed by atoms with Crippen LogP contribution in [0.3, 0.4) is 0 Å². The summed E-state index contributed by atoms with van der Waals surface area (Å²) in [6.07, 6.45) is 5.06. The van der Waals surface area contributed by atoms with Gasteiger partial charge in [-0.1, -0.05) is 17.8 Å². The molecular formula is C22H20N6O2S2. The van der Waals surface area contributed by atoms with Gasteiger partial charge in [-0.3, -0.25) is 14.3 Å². The minimum atomic E-state index is -0.230. The quantitative estimate of drug-likeness (QED) is 0.228. The molecule has 0 aliphatic heterocycles. The van der Waals surface area contributed by atoms with E-state index >= 15 is 0 Å². The van der Waals surface area contributed by atoms with Gasteiger partial charge in [0.25, 0.3) is 5.91 Å². The Kier molecular flexibility index (Phi) is 7.26. The highest BCUT2D eigenvalue weighted by Crippen LogP contribution is 2.28. The SMILES string of the molecule is CCOc1ccc(-n2c(SCC(=O)NN=Cc3cccs3)nnc2-c2cccnc2)cc1. The first kappa shape index (κ1) is 21.7. The van der Waals surface area contributed by atoms with Crippen molar-refractivity contribution in [1.29, 1.82) is 0 Å². The monoisotopic (exact) mass is 464 g/mol. The lowest BCUT2D eigenvalue weighted by atomic mass is 10.2. The zero-order valence-corrected chi connectivity index (χ0v) is 18.8. The number of thiophene rings is 1. The molecule has 0 atom stereocenters. The van der Waals surface area contributed by atoms with Gasteiger partial charge in [0.05, 0.1) is 18.6 Å². The highest BCUT2D eigenvalue weighted by atomic mass is 32.2. The number of carbonyl (C=O) groups is 1. The van der Waals surface area contributed by atoms with Gasteiger partial charge < -0.3 is 4.74 Å². The maximum absolute atomic E-state index is 12.3. The van der Waals surface area contributed by atoms with Crippen LogP contribution in [-0.4, -0.2) is 44.2 Å². The van der Waals surface area contributed by atoms with Crippen molar-refractivity contribution in [1.82, 2.24) is 25.2 Å². The zero-order valence-electron chi connectivity index (χ0n) is 17.2. The normalized spacial score (nSPS) is 11.0. The molecule has 4 rings (SSSR count). The molecule has 32 heavy (non-hydrogen) atoms. The number of thioether (sulfide) groups is 1. The number of nitrogens with zero attached hydrogens (tertiary/aromatic N) is 5. The summed E-state index contributed by atoms with van der Waals surface area (Å²) in [5.41, 5.74) is 4.22. The maximum atomic E-state index is 12.3. The fraction of sp³-hybridized carbons (Fsp3) is 0.136. The number of amides is 1. The lowest BCUT2D eigenvalue weighted by Crippen LogP contribution is -2.19. The Labute approximate surface area is 193 Å². The molecule has 0 spiro atoms. The number of hydrogen-bond acceptors (Lipinski definition) is 8. The molecular weight excluding hydrogens is 444 g/mol. The molecule has 0 bridgehead atoms. The van der Waals surface area contributed by atoms with Crippen LogP contribution in [0.5, 0.6) is 5.75 Å². The second kappa shape index (κ2) is 10.7. The first-order valence-electron chi connectivity index (χ1n) is 9.82. The van der Waals surface area contributed by atoms with Gasteiger partial charge in [0.1, 0.15) is 5.75 Å². The number of ether oxygens (including phenoxy) is 1. The van der Waals surface area contributed by atoms with Crippen LogP contribution in [0.25, 0.3) is 17.1 Å². The third-order valence-corrected chi connectivity index (χ3v) is 5.95. The van der Waals surface area contributed by atoms with Gasteiger partial charge in [0, 0.05) is 28.5 Å². The smallest absolute Gasteiger partial charge is 0.250 e. The third kappa shape index (κ3) is 5.40. The van der Waals surface area contributed by atoms with Gasteiger partial charge >= 0.3 is 0 Å². The topological polar surface area (TPSA) is 94.3 Å². The van der Waals surface area contributed by atoms with Gasteiger partial charge in [-0.05, 0) is 54.8 Å². The Morgan fingerprint density at radius 3 is 2.81 bits per heavy atom. The van der Waals surface area contributed by atoms with Crippen molar-refractivity contribution in [3.8, 4) is 22.8 Å². The summed E-state index contributed by atoms with van der Waals surface area (Å²) < 4.78 is 7.45. The molecule has 4 aromatic rings. The molecule has 0 radical (unpaired) electrons. The van der Waals surface area contributed by atoms with Crippen LogP contribution in [0.1, 0.15) is 11.8 Å². The van der Waals surface area contributed by atoms with E-state index in [-0.39, 0.29) is 11.7 Å². The lowest BCUT2D eigenvalue weighted by Gasteiger charge is -2.11. The number of nitrogens with one attached hydrogen (secondary N) is 1. The van der Waals surface area contributed by atoms with Crippen LogP contribution in [0.2, 0.25) is 0 Å². The van der Waals surface area contributed by atoms with Crippen molar-refractivity contribution >= 4 is 35.2 Å². The van der Waals surface area contributed by atoms with Crippen LogP contribution < -0.4 is 10.2 Å². The number of pyridine rings is 1. The molecule has 1 amide bonds. The molecule has 0 aliphatic rings. The minimum absolute atomic E-state index is 0.143. The van der Waals surface area contributed by atoms with E-state index in [0.717, 1.165) is 21.9 Å². The van der Waals surface area contributed by atoms with Crippen LogP contribution in [0.4, 0.5) is 0 Å². The zero-order chi connectivity index (χ0) is 22.2. The van der Waals surface area contributed by atoms with E-state index in [1.165, 1.54) is 11.8 Å². The first-order valence-corrected chi connectivity index (χ1v) is 11.7. The Balaban J connectivity index is 1.53. The molecule has 8 nitrogen and oxygen atoms in total. The highest BCUT2D eigenvalue weighted by molar-refractivity contribution is 7.99. The highest BCUT2D eigenvalue weighted by Gasteiger charge is 2.17. The van der Waals surface area contributed by atoms with Gasteiger partial charge in [0.15, 0.2) is 11.0 Å². The molecule has 3 heterocycles. The Morgan fingerprint density at radius 2 is 2.09 bits per heavy atom. The van der Waals surface area contributed by atoms with Crippen molar-refractivity contribution in [2.45, 2.75) is 12.1 Å². The predicted molar refractivity (Wildman–Crippen MR) is 127 cm³/mol. The Hall–Kier alpha value is -3.50. The average Bonchev–Trinajstić information content (AvgIpc) is 3.49. The predicted octanol–water partition coefficient (Wildman–Crippen LogP) is 4.03. The van der Waals surface area contributed by atoms with Crippen LogP contribution in [0, 0.1) is 0 Å². The van der Waals surface area contributed by atoms with E-state index in [1.807, 2.05) is 65.4 Å². The first-order chi connectivity index (χ1) is 15.7. The van der Waals surface area contributed by atoms with E-state index < -0.39 is 0 Å².